The Bertz CT molecular complexity index is 632. The van der Waals surface area contributed by atoms with Gasteiger partial charge < -0.3 is 9.88 Å². The molecule has 0 saturated heterocycles. The van der Waals surface area contributed by atoms with Crippen molar-refractivity contribution in [3.8, 4) is 0 Å². The van der Waals surface area contributed by atoms with Crippen molar-refractivity contribution in [2.75, 3.05) is 5.32 Å². The number of nitrogens with one attached hydrogen (secondary N) is 1. The number of aromatic nitrogens is 2. The number of rotatable bonds is 3. The van der Waals surface area contributed by atoms with Gasteiger partial charge in [0.1, 0.15) is 0 Å². The molecular weight excluding hydrogens is 350 g/mol. The van der Waals surface area contributed by atoms with E-state index in [1.165, 1.54) is 32.1 Å². The smallest absolute Gasteiger partial charge is 0.207 e. The third kappa shape index (κ3) is 3.43. The van der Waals surface area contributed by atoms with Crippen LogP contribution in [0.25, 0.3) is 0 Å². The van der Waals surface area contributed by atoms with Crippen LogP contribution in [0, 0.1) is 6.92 Å². The van der Waals surface area contributed by atoms with E-state index in [2.05, 4.69) is 37.0 Å². The summed E-state index contributed by atoms with van der Waals surface area (Å²) in [4.78, 5) is 4.64. The molecule has 0 radical (unpaired) electrons. The van der Waals surface area contributed by atoms with E-state index in [1.54, 1.807) is 0 Å². The highest BCUT2D eigenvalue weighted by Crippen LogP contribution is 2.32. The molecule has 112 valence electrons. The summed E-state index contributed by atoms with van der Waals surface area (Å²) in [6, 6.07) is 6.41. The van der Waals surface area contributed by atoms with Gasteiger partial charge in [0.25, 0.3) is 0 Å². The summed E-state index contributed by atoms with van der Waals surface area (Å²) in [6.45, 7) is 2.04. The Kier molecular flexibility index (Phi) is 4.55. The van der Waals surface area contributed by atoms with Crippen LogP contribution in [0.2, 0.25) is 5.02 Å². The van der Waals surface area contributed by atoms with Gasteiger partial charge >= 0.3 is 0 Å². The van der Waals surface area contributed by atoms with E-state index in [9.17, 15) is 0 Å². The molecule has 0 amide bonds. The van der Waals surface area contributed by atoms with Crippen LogP contribution in [0.5, 0.6) is 0 Å². The predicted molar refractivity (Wildman–Crippen MR) is 91.5 cm³/mol. The maximum Gasteiger partial charge on any atom is 0.207 e. The molecule has 21 heavy (non-hydrogen) atoms. The SMILES string of the molecule is Cc1cn(C2CCCCC2)c(Nc2ccc(Cl)c(Br)c2)n1. The van der Waals surface area contributed by atoms with Crippen LogP contribution in [0.3, 0.4) is 0 Å². The van der Waals surface area contributed by atoms with E-state index >= 15 is 0 Å². The first kappa shape index (κ1) is 14.9. The van der Waals surface area contributed by atoms with Gasteiger partial charge in [-0.3, -0.25) is 0 Å². The third-order valence-corrected chi connectivity index (χ3v) is 5.21. The molecule has 3 nitrogen and oxygen atoms in total. The number of benzene rings is 1. The molecule has 0 bridgehead atoms. The van der Waals surface area contributed by atoms with Crippen LogP contribution >= 0.6 is 27.5 Å². The number of hydrogen-bond donors (Lipinski definition) is 1. The predicted octanol–water partition coefficient (Wildman–Crippen LogP) is 5.86. The molecule has 1 N–H and O–H groups in total. The minimum absolute atomic E-state index is 0.568. The fourth-order valence-corrected chi connectivity index (χ4v) is 3.45. The number of nitrogens with zero attached hydrogens (tertiary/aromatic N) is 2. The Morgan fingerprint density at radius 1 is 1.29 bits per heavy atom. The lowest BCUT2D eigenvalue weighted by atomic mass is 9.95. The van der Waals surface area contributed by atoms with Crippen molar-refractivity contribution in [1.29, 1.82) is 0 Å². The second-order valence-corrected chi connectivity index (χ2v) is 6.92. The monoisotopic (exact) mass is 367 g/mol. The highest BCUT2D eigenvalue weighted by Gasteiger charge is 2.19. The van der Waals surface area contributed by atoms with Crippen molar-refractivity contribution in [1.82, 2.24) is 9.55 Å². The van der Waals surface area contributed by atoms with Crippen LogP contribution in [0.4, 0.5) is 11.6 Å². The van der Waals surface area contributed by atoms with Crippen molar-refractivity contribution >= 4 is 39.2 Å². The lowest BCUT2D eigenvalue weighted by molar-refractivity contribution is 0.356. The number of anilines is 2. The fourth-order valence-electron chi connectivity index (χ4n) is 2.95. The van der Waals surface area contributed by atoms with E-state index in [4.69, 9.17) is 11.6 Å². The Morgan fingerprint density at radius 3 is 2.76 bits per heavy atom. The quantitative estimate of drug-likeness (QED) is 0.735. The van der Waals surface area contributed by atoms with Crippen molar-refractivity contribution in [3.05, 3.63) is 39.6 Å². The topological polar surface area (TPSA) is 29.9 Å². The van der Waals surface area contributed by atoms with Gasteiger partial charge in [-0.25, -0.2) is 4.98 Å². The largest absolute Gasteiger partial charge is 0.326 e. The number of hydrogen-bond acceptors (Lipinski definition) is 2. The van der Waals surface area contributed by atoms with Crippen molar-refractivity contribution in [2.45, 2.75) is 45.1 Å². The molecular formula is C16H19BrClN3. The lowest BCUT2D eigenvalue weighted by Gasteiger charge is -2.24. The van der Waals surface area contributed by atoms with Gasteiger partial charge in [0.05, 0.1) is 10.7 Å². The second-order valence-electron chi connectivity index (χ2n) is 5.66. The average Bonchev–Trinajstić information content (AvgIpc) is 2.85. The highest BCUT2D eigenvalue weighted by molar-refractivity contribution is 9.10. The minimum Gasteiger partial charge on any atom is -0.326 e. The maximum absolute atomic E-state index is 6.05. The summed E-state index contributed by atoms with van der Waals surface area (Å²) in [7, 11) is 0. The molecule has 1 aromatic carbocycles. The van der Waals surface area contributed by atoms with Crippen LogP contribution < -0.4 is 5.32 Å². The standard InChI is InChI=1S/C16H19BrClN3/c1-11-10-21(13-5-3-2-4-6-13)16(19-11)20-12-7-8-15(18)14(17)9-12/h7-10,13H,2-6H2,1H3,(H,19,20). The molecule has 1 aliphatic rings. The molecule has 1 saturated carbocycles. The summed E-state index contributed by atoms with van der Waals surface area (Å²) in [5.74, 6) is 0.925. The molecule has 3 rings (SSSR count). The summed E-state index contributed by atoms with van der Waals surface area (Å²) >= 11 is 9.51. The summed E-state index contributed by atoms with van der Waals surface area (Å²) in [5, 5.41) is 4.14. The Morgan fingerprint density at radius 2 is 2.05 bits per heavy atom. The molecule has 1 aromatic heterocycles. The van der Waals surface area contributed by atoms with Gasteiger partial charge in [-0.2, -0.15) is 0 Å². The van der Waals surface area contributed by atoms with Crippen molar-refractivity contribution in [2.24, 2.45) is 0 Å². The number of halogens is 2. The minimum atomic E-state index is 0.568. The van der Waals surface area contributed by atoms with E-state index in [-0.39, 0.29) is 0 Å². The molecule has 1 heterocycles. The first-order valence-electron chi connectivity index (χ1n) is 7.41. The van der Waals surface area contributed by atoms with Crippen LogP contribution in [0.15, 0.2) is 28.9 Å². The van der Waals surface area contributed by atoms with E-state index in [1.807, 2.05) is 25.1 Å². The molecule has 1 fully saturated rings. The zero-order valence-corrected chi connectivity index (χ0v) is 14.4. The van der Waals surface area contributed by atoms with Gasteiger partial charge in [-0.1, -0.05) is 30.9 Å². The molecule has 0 aliphatic heterocycles. The van der Waals surface area contributed by atoms with Crippen LogP contribution in [0.1, 0.15) is 43.8 Å². The van der Waals surface area contributed by atoms with Gasteiger partial charge in [0.2, 0.25) is 5.95 Å². The zero-order valence-electron chi connectivity index (χ0n) is 12.1. The van der Waals surface area contributed by atoms with Crippen molar-refractivity contribution in [3.63, 3.8) is 0 Å². The van der Waals surface area contributed by atoms with Crippen molar-refractivity contribution < 1.29 is 0 Å². The van der Waals surface area contributed by atoms with Crippen LogP contribution in [-0.2, 0) is 0 Å². The highest BCUT2D eigenvalue weighted by atomic mass is 79.9. The normalized spacial score (nSPS) is 16.1. The Hall–Kier alpha value is -1.00. The van der Waals surface area contributed by atoms with Gasteiger partial charge in [0.15, 0.2) is 0 Å². The maximum atomic E-state index is 6.05. The molecule has 0 unspecified atom stereocenters. The second kappa shape index (κ2) is 6.41. The molecule has 0 spiro atoms. The molecule has 2 aromatic rings. The van der Waals surface area contributed by atoms with E-state index < -0.39 is 0 Å². The van der Waals surface area contributed by atoms with E-state index in [0.717, 1.165) is 21.8 Å². The average molecular weight is 369 g/mol. The Balaban J connectivity index is 1.85. The molecule has 5 heteroatoms. The van der Waals surface area contributed by atoms with Crippen LogP contribution in [-0.4, -0.2) is 9.55 Å². The third-order valence-electron chi connectivity index (χ3n) is 4.00. The fraction of sp³-hybridized carbons (Fsp3) is 0.438. The summed E-state index contributed by atoms with van der Waals surface area (Å²) < 4.78 is 3.19. The molecule has 1 aliphatic carbocycles. The number of aryl methyl sites for hydroxylation is 1. The zero-order chi connectivity index (χ0) is 14.8. The summed E-state index contributed by atoms with van der Waals surface area (Å²) in [5.41, 5.74) is 2.05. The van der Waals surface area contributed by atoms with Gasteiger partial charge in [-0.15, -0.1) is 0 Å². The summed E-state index contributed by atoms with van der Waals surface area (Å²) in [6.07, 6.45) is 8.63. The first-order chi connectivity index (χ1) is 10.1. The Labute approximate surface area is 138 Å². The van der Waals surface area contributed by atoms with Gasteiger partial charge in [0, 0.05) is 22.4 Å². The van der Waals surface area contributed by atoms with Gasteiger partial charge in [-0.05, 0) is 53.9 Å². The molecule has 0 atom stereocenters. The number of imidazole rings is 1. The first-order valence-corrected chi connectivity index (χ1v) is 8.58. The van der Waals surface area contributed by atoms with E-state index in [0.29, 0.717) is 11.1 Å². The lowest BCUT2D eigenvalue weighted by Crippen LogP contribution is -2.14.